The lowest BCUT2D eigenvalue weighted by Gasteiger charge is -2.26. The van der Waals surface area contributed by atoms with Crippen LogP contribution in [0.25, 0.3) is 209 Å². The van der Waals surface area contributed by atoms with Gasteiger partial charge in [0.15, 0.2) is 0 Å². The summed E-state index contributed by atoms with van der Waals surface area (Å²) in [5, 5.41) is 14.6. The predicted molar refractivity (Wildman–Crippen MR) is 567 cm³/mol. The van der Waals surface area contributed by atoms with Gasteiger partial charge >= 0.3 is 0 Å². The number of rotatable bonds is 17. The van der Waals surface area contributed by atoms with Crippen LogP contribution in [0.5, 0.6) is 0 Å². The van der Waals surface area contributed by atoms with Gasteiger partial charge in [0.25, 0.3) is 0 Å². The molecule has 0 bridgehead atoms. The van der Waals surface area contributed by atoms with Crippen molar-refractivity contribution in [2.75, 3.05) is 9.80 Å². The van der Waals surface area contributed by atoms with E-state index in [0.29, 0.717) is 0 Å². The highest BCUT2D eigenvalue weighted by Crippen LogP contribution is 2.46. The summed E-state index contributed by atoms with van der Waals surface area (Å²) in [5.41, 5.74) is 36.0. The molecule has 0 atom stereocenters. The van der Waals surface area contributed by atoms with Gasteiger partial charge in [-0.3, -0.25) is 0 Å². The maximum absolute atomic E-state index is 6.44. The summed E-state index contributed by atoms with van der Waals surface area (Å²) in [6.45, 7) is 0. The molecule has 2 aromatic heterocycles. The molecule has 0 fully saturated rings. The van der Waals surface area contributed by atoms with Crippen molar-refractivity contribution in [3.63, 3.8) is 0 Å². The molecule has 4 heteroatoms. The molecule has 0 unspecified atom stereocenters. The van der Waals surface area contributed by atoms with Crippen molar-refractivity contribution >= 4 is 121 Å². The van der Waals surface area contributed by atoms with Crippen molar-refractivity contribution in [1.29, 1.82) is 0 Å². The highest BCUT2D eigenvalue weighted by Gasteiger charge is 2.22. The topological polar surface area (TPSA) is 32.8 Å². The zero-order valence-corrected chi connectivity index (χ0v) is 73.4. The Labute approximate surface area is 778 Å². The quantitative estimate of drug-likeness (QED) is 0.0910. The minimum Gasteiger partial charge on any atom is -0.455 e. The number of furan rings is 2. The maximum atomic E-state index is 6.44. The average Bonchev–Trinajstić information content (AvgIpc) is 1.36. The lowest BCUT2D eigenvalue weighted by Crippen LogP contribution is -2.09. The van der Waals surface area contributed by atoms with E-state index >= 15 is 0 Å². The van der Waals surface area contributed by atoms with Crippen molar-refractivity contribution in [3.05, 3.63) is 522 Å². The second kappa shape index (κ2) is 34.7. The first-order valence-corrected chi connectivity index (χ1v) is 45.9. The largest absolute Gasteiger partial charge is 0.455 e. The van der Waals surface area contributed by atoms with E-state index < -0.39 is 0 Å². The normalized spacial score (nSPS) is 11.4. The molecule has 0 amide bonds. The van der Waals surface area contributed by atoms with Crippen LogP contribution in [0.15, 0.2) is 531 Å². The van der Waals surface area contributed by atoms with E-state index in [0.717, 1.165) is 111 Å². The van der Waals surface area contributed by atoms with Crippen LogP contribution in [0, 0.1) is 0 Å². The van der Waals surface area contributed by atoms with Gasteiger partial charge in [0.05, 0.1) is 0 Å². The number of para-hydroxylation sites is 4. The van der Waals surface area contributed by atoms with Gasteiger partial charge in [0.1, 0.15) is 22.3 Å². The molecule has 628 valence electrons. The summed E-state index contributed by atoms with van der Waals surface area (Å²) >= 11 is 0. The van der Waals surface area contributed by atoms with E-state index in [2.05, 4.69) is 507 Å². The van der Waals surface area contributed by atoms with E-state index in [-0.39, 0.29) is 0 Å². The summed E-state index contributed by atoms with van der Waals surface area (Å²) in [5.74, 6) is 0. The third-order valence-electron chi connectivity index (χ3n) is 26.6. The molecule has 0 aliphatic rings. The van der Waals surface area contributed by atoms with Crippen molar-refractivity contribution in [2.45, 2.75) is 0 Å². The highest BCUT2D eigenvalue weighted by atomic mass is 16.3. The van der Waals surface area contributed by atoms with Gasteiger partial charge in [-0.05, 0) is 270 Å². The number of hydrogen-bond donors (Lipinski definition) is 0. The third kappa shape index (κ3) is 15.2. The SMILES string of the molecule is c1cc(-c2ccc(N(c3ccc(-c4cccc(-c5cccc6ccccc56)c4)cc3)c3ccc(-c4cccc(-c5cccc6c5oc5ccccc56)c4)cc3)cc2)cc(-c2cccc3ccccc23)c1.c1cc(-c2ccc(N(c3ccc(-c4cccc(-c5cccc6ccccc56)c4)cc3)c3ccc(-c4cccc5c4oc4ccccc45)cc3)cc2)cc(-c2cccc3ccccc23)c1. The second-order valence-electron chi connectivity index (χ2n) is 34.5. The van der Waals surface area contributed by atoms with Gasteiger partial charge in [-0.1, -0.05) is 406 Å². The molecule has 0 saturated carbocycles. The van der Waals surface area contributed by atoms with Gasteiger partial charge in [-0.2, -0.15) is 0 Å². The van der Waals surface area contributed by atoms with Crippen molar-refractivity contribution in [1.82, 2.24) is 0 Å². The van der Waals surface area contributed by atoms with Crippen molar-refractivity contribution < 1.29 is 8.83 Å². The molecule has 0 N–H and O–H groups in total. The summed E-state index contributed by atoms with van der Waals surface area (Å²) in [6.07, 6.45) is 0. The molecular formula is C130H86N2O2. The molecule has 23 aromatic carbocycles. The number of benzene rings is 23. The minimum absolute atomic E-state index is 0.903. The van der Waals surface area contributed by atoms with Gasteiger partial charge in [0.2, 0.25) is 0 Å². The van der Waals surface area contributed by atoms with Crippen LogP contribution in [0.1, 0.15) is 0 Å². The summed E-state index contributed by atoms with van der Waals surface area (Å²) in [7, 11) is 0. The molecule has 4 nitrogen and oxygen atoms in total. The minimum atomic E-state index is 0.903. The highest BCUT2D eigenvalue weighted by molar-refractivity contribution is 6.12. The molecule has 0 spiro atoms. The van der Waals surface area contributed by atoms with Crippen LogP contribution in [0.3, 0.4) is 0 Å². The smallest absolute Gasteiger partial charge is 0.143 e. The Morgan fingerprint density at radius 1 is 0.119 bits per heavy atom. The monoisotopic (exact) mass is 1710 g/mol. The fourth-order valence-corrected chi connectivity index (χ4v) is 19.9. The average molecular weight is 1710 g/mol. The Hall–Kier alpha value is -17.7. The van der Waals surface area contributed by atoms with E-state index in [1.54, 1.807) is 0 Å². The molecule has 134 heavy (non-hydrogen) atoms. The lowest BCUT2D eigenvalue weighted by atomic mass is 9.95. The molecule has 0 saturated heterocycles. The predicted octanol–water partition coefficient (Wildman–Crippen LogP) is 37.1. The van der Waals surface area contributed by atoms with E-state index in [1.807, 2.05) is 24.3 Å². The fourth-order valence-electron chi connectivity index (χ4n) is 19.9. The van der Waals surface area contributed by atoms with Crippen LogP contribution in [0.4, 0.5) is 34.1 Å². The lowest BCUT2D eigenvalue weighted by molar-refractivity contribution is 0.669. The molecular weight excluding hydrogens is 1620 g/mol. The standard InChI is InChI=1S/C68H45NO.C62H41NO/c1-3-23-60-49(13-1)15-10-26-62(60)54-20-7-17-51(43-54)46-31-37-57(38-32-46)69(58-39-33-47(34-40-58)52-18-8-21-55(44-52)63-27-11-16-50-14-2-4-24-61(50)63)59-41-35-48(36-42-59)53-19-9-22-56(45-53)64-28-12-29-66-65-25-5-6-30-67(65)70-68(64)66;1-3-20-54-44(12-1)14-9-23-56(54)49-18-7-16-47(40-49)42-28-34-51(35-29-42)63(53-38-32-46(33-39-53)58-25-11-26-60-59-22-5-6-27-61(59)64-62(58)60)52-36-30-43(31-37-52)48-17-8-19-50(41-48)57-24-10-15-45-13-2-4-21-55(45)57/h1-45H;1-41H. The van der Waals surface area contributed by atoms with Crippen LogP contribution in [0.2, 0.25) is 0 Å². The Balaban J connectivity index is 0.000000148. The van der Waals surface area contributed by atoms with Gasteiger partial charge in [-0.15, -0.1) is 0 Å². The number of nitrogens with zero attached hydrogens (tertiary/aromatic N) is 2. The van der Waals surface area contributed by atoms with Gasteiger partial charge in [-0.25, -0.2) is 0 Å². The summed E-state index contributed by atoms with van der Waals surface area (Å²) in [4.78, 5) is 4.70. The molecule has 0 aliphatic heterocycles. The second-order valence-corrected chi connectivity index (χ2v) is 34.5. The fraction of sp³-hybridized carbons (Fsp3) is 0. The first-order chi connectivity index (χ1) is 66.4. The summed E-state index contributed by atoms with van der Waals surface area (Å²) < 4.78 is 12.9. The molecule has 25 aromatic rings. The van der Waals surface area contributed by atoms with Crippen LogP contribution in [-0.2, 0) is 0 Å². The van der Waals surface area contributed by atoms with Crippen LogP contribution < -0.4 is 9.80 Å². The Bertz CT molecular complexity index is 8370. The zero-order valence-electron chi connectivity index (χ0n) is 73.4. The Morgan fingerprint density at radius 2 is 0.306 bits per heavy atom. The van der Waals surface area contributed by atoms with Gasteiger partial charge < -0.3 is 18.6 Å². The van der Waals surface area contributed by atoms with E-state index in [1.165, 1.54) is 132 Å². The summed E-state index contributed by atoms with van der Waals surface area (Å²) in [6, 6.07) is 188. The van der Waals surface area contributed by atoms with E-state index in [4.69, 9.17) is 8.83 Å². The molecule has 25 rings (SSSR count). The van der Waals surface area contributed by atoms with Crippen molar-refractivity contribution in [3.8, 4) is 122 Å². The Kier molecular flexibility index (Phi) is 20.6. The van der Waals surface area contributed by atoms with E-state index in [9.17, 15) is 0 Å². The van der Waals surface area contributed by atoms with Crippen molar-refractivity contribution in [2.24, 2.45) is 0 Å². The number of fused-ring (bicyclic) bond motifs is 10. The van der Waals surface area contributed by atoms with Gasteiger partial charge in [0, 0.05) is 66.8 Å². The first-order valence-electron chi connectivity index (χ1n) is 45.9. The molecule has 0 aliphatic carbocycles. The maximum Gasteiger partial charge on any atom is 0.143 e. The Morgan fingerprint density at radius 3 is 0.582 bits per heavy atom. The van der Waals surface area contributed by atoms with Crippen LogP contribution in [-0.4, -0.2) is 0 Å². The number of hydrogen-bond acceptors (Lipinski definition) is 4. The first kappa shape index (κ1) is 79.7. The molecule has 0 radical (unpaired) electrons. The number of anilines is 6. The zero-order chi connectivity index (χ0) is 88.8. The van der Waals surface area contributed by atoms with Crippen LogP contribution >= 0.6 is 0 Å². The third-order valence-corrected chi connectivity index (χ3v) is 26.6. The molecule has 2 heterocycles.